The summed E-state index contributed by atoms with van der Waals surface area (Å²) < 4.78 is 0.880. The minimum atomic E-state index is -0.771. The molecule has 21 nitrogen and oxygen atoms in total. The molecule has 596 valence electrons. The molecule has 5 N–H and O–H groups in total. The molecule has 3 saturated heterocycles. The van der Waals surface area contributed by atoms with Crippen LogP contribution in [-0.4, -0.2) is 189 Å². The van der Waals surface area contributed by atoms with Crippen LogP contribution in [-0.2, 0) is 64.2 Å². The Balaban J connectivity index is 0.000000192. The third-order valence-electron chi connectivity index (χ3n) is 20.7. The minimum Gasteiger partial charge on any atom is -0.391 e. The molecule has 0 spiro atoms. The van der Waals surface area contributed by atoms with Gasteiger partial charge in [0.05, 0.1) is 84.7 Å². The average Bonchev–Trinajstić information content (AvgIpc) is 1.63. The van der Waals surface area contributed by atoms with Crippen molar-refractivity contribution in [3.05, 3.63) is 157 Å². The van der Waals surface area contributed by atoms with E-state index in [0.29, 0.717) is 55.9 Å². The molecule has 6 amide bonds. The number of rotatable bonds is 29. The Kier molecular flexibility index (Phi) is 31.3. The van der Waals surface area contributed by atoms with E-state index in [0.717, 1.165) is 81.6 Å². The smallest absolute Gasteiger partial charge is 0.255 e. The van der Waals surface area contributed by atoms with E-state index in [2.05, 4.69) is 55.4 Å². The van der Waals surface area contributed by atoms with E-state index < -0.39 is 60.0 Å². The summed E-state index contributed by atoms with van der Waals surface area (Å²) >= 11 is 9.74. The van der Waals surface area contributed by atoms with Crippen molar-refractivity contribution in [2.45, 2.75) is 221 Å². The molecule has 9 atom stereocenters. The number of thioether (sulfide) groups is 1. The number of benzene rings is 4. The average molecular weight is 1660 g/mol. The van der Waals surface area contributed by atoms with Crippen LogP contribution in [0.5, 0.6) is 0 Å². The number of carbonyl (C=O) groups excluding carboxylic acids is 9. The number of β-amino-alcohol motifs (C(OH)–C–C–N with tert-alkyl or cyclic N) is 3. The number of amides is 6. The van der Waals surface area contributed by atoms with Crippen LogP contribution in [0.4, 0.5) is 0 Å². The quantitative estimate of drug-likeness (QED) is 0.0291. The summed E-state index contributed by atoms with van der Waals surface area (Å²) in [6.07, 6.45) is 4.26. The number of Topliss-reactive ketones (excluding diaryl/α,β-unsaturated/α-hetero) is 3. The number of aromatic nitrogens is 3. The Labute approximate surface area is 677 Å². The molecule has 4 aliphatic heterocycles. The molecule has 3 fully saturated rings. The van der Waals surface area contributed by atoms with Gasteiger partial charge in [-0.25, -0.2) is 15.0 Å². The fourth-order valence-electron chi connectivity index (χ4n) is 14.7. The summed E-state index contributed by atoms with van der Waals surface area (Å²) in [4.78, 5) is 141. The maximum absolute atomic E-state index is 13.9. The Morgan fingerprint density at radius 1 is 0.550 bits per heavy atom. The fraction of sp³-hybridized carbons (Fsp3) is 0.506. The molecular weight excluding hydrogens is 1550 g/mol. The maximum Gasteiger partial charge on any atom is 0.255 e. The van der Waals surface area contributed by atoms with Gasteiger partial charge in [0.2, 0.25) is 29.5 Å². The molecule has 4 aliphatic rings. The van der Waals surface area contributed by atoms with Crippen LogP contribution in [0.3, 0.4) is 0 Å². The van der Waals surface area contributed by atoms with Gasteiger partial charge in [0.25, 0.3) is 5.91 Å². The van der Waals surface area contributed by atoms with Crippen molar-refractivity contribution in [2.24, 2.45) is 23.2 Å². The van der Waals surface area contributed by atoms with Crippen molar-refractivity contribution in [2.75, 3.05) is 31.6 Å². The molecular formula is C85H108BrN9O12S4. The van der Waals surface area contributed by atoms with Crippen molar-refractivity contribution in [1.29, 1.82) is 0 Å². The van der Waals surface area contributed by atoms with Gasteiger partial charge in [0.1, 0.15) is 18.1 Å². The third kappa shape index (κ3) is 23.3. The highest BCUT2D eigenvalue weighted by Gasteiger charge is 2.48. The predicted octanol–water partition coefficient (Wildman–Crippen LogP) is 13.1. The second-order valence-corrected chi connectivity index (χ2v) is 36.3. The topological polar surface area (TPSA) is 290 Å². The number of hydrogen-bond donors (Lipinski definition) is 5. The van der Waals surface area contributed by atoms with Crippen molar-refractivity contribution >= 4 is 114 Å². The second-order valence-electron chi connectivity index (χ2n) is 31.9. The summed E-state index contributed by atoms with van der Waals surface area (Å²) in [5.41, 5.74) is 15.9. The summed E-state index contributed by atoms with van der Waals surface area (Å²) in [5, 5.41) is 36.9. The zero-order chi connectivity index (χ0) is 80.7. The molecule has 111 heavy (non-hydrogen) atoms. The number of ketones is 3. The zero-order valence-corrected chi connectivity index (χ0v) is 70.9. The molecule has 7 aromatic rings. The standard InChI is InChI=1S/C30H32BrN3O4S.C28H39N3O4S.C27H37N3O4S2/c1-17(2)27(34-14-21-12-22(31)9-10-24(21)29(34)37)30(38)33-15-23(35)13-25(33)26(36)11-6-19-4-7-20(8-5-19)28-18(3)32-16-39-28;1-17(2)13-24(34)30-26(28(4,5)6)27(35)31-15-21(32)14-22(31)23(33)12-9-19-7-10-20(11-8-19)25-18(3)29-16-36-25;1-17(2)5-12-25(33)29-22(15-35-4)27(34)30-14-21(31)13-23(30)24(32)11-8-19-6-9-20(10-7-19)26-18(3)28-16-36-26/h4-5,7-10,12,16-17,23,25,27,35H,6,11,13-15H2,1-3H3;7-8,10-11,16-17,21-22,26,32H,9,12-15H2,1-6H3,(H,30,34);6-7,9-10,16-17,21-23,31H,5,8,11-15H2,1-4H3,(H,29,33)/t23-,25+,27+;21-,22+,26-;21-,22+,23+/m111/s1. The van der Waals surface area contributed by atoms with E-state index in [4.69, 9.17) is 0 Å². The molecule has 0 radical (unpaired) electrons. The molecule has 26 heteroatoms. The highest BCUT2D eigenvalue weighted by atomic mass is 79.9. The fourth-order valence-corrected chi connectivity index (χ4v) is 18.1. The molecule has 11 rings (SSSR count). The lowest BCUT2D eigenvalue weighted by atomic mass is 9.85. The monoisotopic (exact) mass is 1650 g/mol. The van der Waals surface area contributed by atoms with Gasteiger partial charge in [-0.2, -0.15) is 11.8 Å². The number of aryl methyl sites for hydroxylation is 6. The Morgan fingerprint density at radius 2 is 0.955 bits per heavy atom. The van der Waals surface area contributed by atoms with Gasteiger partial charge in [-0.3, -0.25) is 43.2 Å². The van der Waals surface area contributed by atoms with Gasteiger partial charge in [0, 0.05) is 93.3 Å². The van der Waals surface area contributed by atoms with Crippen LogP contribution >= 0.6 is 61.7 Å². The minimum absolute atomic E-state index is 0.0590. The molecule has 4 aromatic carbocycles. The Bertz CT molecular complexity index is 4380. The van der Waals surface area contributed by atoms with E-state index in [1.165, 1.54) is 26.5 Å². The number of aliphatic hydroxyl groups is 3. The molecule has 3 aromatic heterocycles. The van der Waals surface area contributed by atoms with Crippen molar-refractivity contribution in [3.63, 3.8) is 0 Å². The van der Waals surface area contributed by atoms with Crippen LogP contribution in [0.15, 0.2) is 112 Å². The van der Waals surface area contributed by atoms with Gasteiger partial charge < -0.3 is 45.6 Å². The number of aliphatic hydroxyl groups excluding tert-OH is 3. The Hall–Kier alpha value is -7.69. The summed E-state index contributed by atoms with van der Waals surface area (Å²) in [6, 6.07) is 25.7. The first-order chi connectivity index (χ1) is 52.7. The van der Waals surface area contributed by atoms with Gasteiger partial charge in [0.15, 0.2) is 17.3 Å². The first kappa shape index (κ1) is 87.3. The first-order valence-electron chi connectivity index (χ1n) is 38.4. The highest BCUT2D eigenvalue weighted by Crippen LogP contribution is 2.36. The largest absolute Gasteiger partial charge is 0.391 e. The van der Waals surface area contributed by atoms with Gasteiger partial charge in [-0.15, -0.1) is 34.0 Å². The molecule has 0 unspecified atom stereocenters. The number of thiazole rings is 3. The van der Waals surface area contributed by atoms with E-state index in [1.54, 1.807) is 45.0 Å². The number of nitrogens with zero attached hydrogens (tertiary/aromatic N) is 7. The second kappa shape index (κ2) is 39.9. The number of carbonyl (C=O) groups is 9. The van der Waals surface area contributed by atoms with Crippen molar-refractivity contribution < 1.29 is 58.5 Å². The first-order valence-corrected chi connectivity index (χ1v) is 43.2. The number of likely N-dealkylation sites (tertiary alicyclic amines) is 3. The van der Waals surface area contributed by atoms with Crippen LogP contribution in [0.25, 0.3) is 31.3 Å². The van der Waals surface area contributed by atoms with Gasteiger partial charge in [-0.05, 0) is 133 Å². The number of fused-ring (bicyclic) bond motifs is 1. The van der Waals surface area contributed by atoms with E-state index in [1.807, 2.05) is 177 Å². The third-order valence-corrected chi connectivity index (χ3v) is 24.8. The summed E-state index contributed by atoms with van der Waals surface area (Å²) in [6.45, 7) is 24.1. The van der Waals surface area contributed by atoms with Gasteiger partial charge in [-0.1, -0.05) is 151 Å². The lowest BCUT2D eigenvalue weighted by Gasteiger charge is -2.35. The van der Waals surface area contributed by atoms with Crippen LogP contribution < -0.4 is 10.6 Å². The van der Waals surface area contributed by atoms with E-state index in [-0.39, 0.29) is 123 Å². The predicted molar refractivity (Wildman–Crippen MR) is 443 cm³/mol. The van der Waals surface area contributed by atoms with Crippen molar-refractivity contribution in [1.82, 2.24) is 45.2 Å². The lowest BCUT2D eigenvalue weighted by molar-refractivity contribution is -0.143. The maximum atomic E-state index is 13.9. The number of hydrogen-bond acceptors (Lipinski definition) is 19. The van der Waals surface area contributed by atoms with E-state index >= 15 is 0 Å². The lowest BCUT2D eigenvalue weighted by Crippen LogP contribution is -2.56. The number of nitrogens with one attached hydrogen (secondary N) is 2. The summed E-state index contributed by atoms with van der Waals surface area (Å²) in [7, 11) is 0. The SMILES string of the molecule is CSC[C@H](NC(=O)CCC(C)C)C(=O)N1C[C@H](O)C[C@H]1C(=O)CCc1ccc(-c2scnc2C)cc1.Cc1ncsc1-c1ccc(CCC(=O)[C@@H]2C[C@@H](O)CN2C(=O)[C@@H](NC(=O)CC(C)C)C(C)(C)C)cc1.Cc1ncsc1-c1ccc(CCC(=O)[C@@H]2C[C@@H](O)CN2C(=O)[C@H](C(C)C)N2Cc3cc(Br)ccc3C2=O)cc1. The van der Waals surface area contributed by atoms with Crippen LogP contribution in [0.2, 0.25) is 0 Å². The van der Waals surface area contributed by atoms with Gasteiger partial charge >= 0.3 is 0 Å². The van der Waals surface area contributed by atoms with Crippen LogP contribution in [0.1, 0.15) is 170 Å². The van der Waals surface area contributed by atoms with Crippen molar-refractivity contribution in [3.8, 4) is 31.3 Å². The normalized spacial score (nSPS) is 19.0. The summed E-state index contributed by atoms with van der Waals surface area (Å²) in [5.74, 6) is -0.746. The molecule has 7 heterocycles. The number of halogens is 1. The van der Waals surface area contributed by atoms with Crippen LogP contribution in [0, 0.1) is 43.9 Å². The Morgan fingerprint density at radius 3 is 1.32 bits per heavy atom. The molecule has 0 aliphatic carbocycles. The zero-order valence-electron chi connectivity index (χ0n) is 66.0. The highest BCUT2D eigenvalue weighted by molar-refractivity contribution is 9.10. The van der Waals surface area contributed by atoms with E-state index in [9.17, 15) is 58.5 Å². The molecule has 0 saturated carbocycles. The molecule has 0 bridgehead atoms.